The summed E-state index contributed by atoms with van der Waals surface area (Å²) in [6, 6.07) is 2.30. The predicted octanol–water partition coefficient (Wildman–Crippen LogP) is 1.67. The van der Waals surface area contributed by atoms with E-state index in [1.165, 1.54) is 6.07 Å². The first kappa shape index (κ1) is 15.9. The summed E-state index contributed by atoms with van der Waals surface area (Å²) in [6.07, 6.45) is 0. The lowest BCUT2D eigenvalue weighted by atomic mass is 9.92. The quantitative estimate of drug-likeness (QED) is 0.807. The summed E-state index contributed by atoms with van der Waals surface area (Å²) in [4.78, 5) is 22.3. The summed E-state index contributed by atoms with van der Waals surface area (Å²) >= 11 is 0. The number of carbonyl (C=O) groups excluding carboxylic acids is 2. The van der Waals surface area contributed by atoms with Crippen molar-refractivity contribution in [1.82, 2.24) is 0 Å². The van der Waals surface area contributed by atoms with Gasteiger partial charge in [-0.3, -0.25) is 4.79 Å². The van der Waals surface area contributed by atoms with Gasteiger partial charge in [0.1, 0.15) is 0 Å². The lowest BCUT2D eigenvalue weighted by molar-refractivity contribution is -0.125. The van der Waals surface area contributed by atoms with Gasteiger partial charge in [-0.15, -0.1) is 0 Å². The standard InChI is InChI=1S/C13H16F2N2O3/c1-13(2,12(16)19)6-17-8-5-4-7(11(18)20-3)9(14)10(8)15/h4-5,17H,6H2,1-3H3,(H2,16,19). The summed E-state index contributed by atoms with van der Waals surface area (Å²) < 4.78 is 31.8. The van der Waals surface area contributed by atoms with Gasteiger partial charge >= 0.3 is 5.97 Å². The molecule has 1 aromatic rings. The third kappa shape index (κ3) is 3.23. The van der Waals surface area contributed by atoms with E-state index in [2.05, 4.69) is 10.1 Å². The molecule has 3 N–H and O–H groups in total. The molecule has 20 heavy (non-hydrogen) atoms. The number of benzene rings is 1. The first-order chi connectivity index (χ1) is 9.20. The first-order valence-corrected chi connectivity index (χ1v) is 5.81. The van der Waals surface area contributed by atoms with Crippen LogP contribution in [0.1, 0.15) is 24.2 Å². The van der Waals surface area contributed by atoms with Crippen LogP contribution in [0, 0.1) is 17.0 Å². The lowest BCUT2D eigenvalue weighted by Gasteiger charge is -2.21. The van der Waals surface area contributed by atoms with Gasteiger partial charge in [-0.05, 0) is 26.0 Å². The minimum atomic E-state index is -1.31. The normalized spacial score (nSPS) is 11.1. The average molecular weight is 286 g/mol. The van der Waals surface area contributed by atoms with E-state index in [0.29, 0.717) is 0 Å². The van der Waals surface area contributed by atoms with Crippen LogP contribution in [0.3, 0.4) is 0 Å². The van der Waals surface area contributed by atoms with Crippen LogP contribution >= 0.6 is 0 Å². The van der Waals surface area contributed by atoms with Crippen LogP contribution in [-0.4, -0.2) is 25.5 Å². The molecular formula is C13H16F2N2O3. The number of halogens is 2. The van der Waals surface area contributed by atoms with Crippen molar-refractivity contribution in [3.05, 3.63) is 29.3 Å². The van der Waals surface area contributed by atoms with E-state index in [4.69, 9.17) is 5.73 Å². The maximum Gasteiger partial charge on any atom is 0.340 e. The molecule has 0 aliphatic rings. The van der Waals surface area contributed by atoms with Crippen LogP contribution in [0.4, 0.5) is 14.5 Å². The fraction of sp³-hybridized carbons (Fsp3) is 0.385. The second-order valence-corrected chi connectivity index (χ2v) is 4.88. The first-order valence-electron chi connectivity index (χ1n) is 5.81. The van der Waals surface area contributed by atoms with E-state index >= 15 is 0 Å². The Bertz CT molecular complexity index is 545. The molecule has 0 aliphatic heterocycles. The number of carbonyl (C=O) groups is 2. The van der Waals surface area contributed by atoms with E-state index < -0.39 is 34.5 Å². The lowest BCUT2D eigenvalue weighted by Crippen LogP contribution is -2.37. The van der Waals surface area contributed by atoms with Crippen molar-refractivity contribution in [2.24, 2.45) is 11.1 Å². The molecule has 110 valence electrons. The highest BCUT2D eigenvalue weighted by Gasteiger charge is 2.26. The maximum absolute atomic E-state index is 13.8. The van der Waals surface area contributed by atoms with Crippen LogP contribution in [0.25, 0.3) is 0 Å². The molecule has 5 nitrogen and oxygen atoms in total. The van der Waals surface area contributed by atoms with E-state index in [1.807, 2.05) is 0 Å². The van der Waals surface area contributed by atoms with Gasteiger partial charge in [0.2, 0.25) is 5.91 Å². The highest BCUT2D eigenvalue weighted by atomic mass is 19.2. The minimum Gasteiger partial charge on any atom is -0.465 e. The number of hydrogen-bond acceptors (Lipinski definition) is 4. The predicted molar refractivity (Wildman–Crippen MR) is 69.2 cm³/mol. The number of anilines is 1. The number of hydrogen-bond donors (Lipinski definition) is 2. The van der Waals surface area contributed by atoms with Gasteiger partial charge in [0.15, 0.2) is 11.6 Å². The highest BCUT2D eigenvalue weighted by Crippen LogP contribution is 2.23. The van der Waals surface area contributed by atoms with Gasteiger partial charge in [0.25, 0.3) is 0 Å². The molecule has 0 aromatic heterocycles. The largest absolute Gasteiger partial charge is 0.465 e. The van der Waals surface area contributed by atoms with Crippen LogP contribution in [0.2, 0.25) is 0 Å². The van der Waals surface area contributed by atoms with Crippen LogP contribution in [0.5, 0.6) is 0 Å². The average Bonchev–Trinajstić information content (AvgIpc) is 2.39. The van der Waals surface area contributed by atoms with Crippen molar-refractivity contribution >= 4 is 17.6 Å². The van der Waals surface area contributed by atoms with Crippen molar-refractivity contribution in [2.75, 3.05) is 19.0 Å². The van der Waals surface area contributed by atoms with Crippen molar-refractivity contribution in [3.63, 3.8) is 0 Å². The van der Waals surface area contributed by atoms with Crippen LogP contribution in [0.15, 0.2) is 12.1 Å². The Labute approximate surface area is 115 Å². The monoisotopic (exact) mass is 286 g/mol. The smallest absolute Gasteiger partial charge is 0.340 e. The Morgan fingerprint density at radius 2 is 1.90 bits per heavy atom. The summed E-state index contributed by atoms with van der Waals surface area (Å²) in [5.41, 5.74) is 3.59. The molecule has 0 unspecified atom stereocenters. The van der Waals surface area contributed by atoms with Gasteiger partial charge in [-0.2, -0.15) is 0 Å². The Morgan fingerprint density at radius 1 is 1.30 bits per heavy atom. The zero-order valence-corrected chi connectivity index (χ0v) is 11.4. The van der Waals surface area contributed by atoms with E-state index in [-0.39, 0.29) is 12.2 Å². The Balaban J connectivity index is 2.97. The van der Waals surface area contributed by atoms with E-state index in [1.54, 1.807) is 13.8 Å². The number of nitrogens with one attached hydrogen (secondary N) is 1. The second-order valence-electron chi connectivity index (χ2n) is 4.88. The van der Waals surface area contributed by atoms with E-state index in [9.17, 15) is 18.4 Å². The number of esters is 1. The molecule has 0 heterocycles. The molecule has 0 saturated carbocycles. The van der Waals surface area contributed by atoms with Crippen LogP contribution < -0.4 is 11.1 Å². The topological polar surface area (TPSA) is 81.4 Å². The molecule has 7 heteroatoms. The summed E-state index contributed by atoms with van der Waals surface area (Å²) in [6.45, 7) is 3.16. The molecule has 0 radical (unpaired) electrons. The molecule has 0 spiro atoms. The highest BCUT2D eigenvalue weighted by molar-refractivity contribution is 5.90. The number of primary amides is 1. The molecule has 0 bridgehead atoms. The Morgan fingerprint density at radius 3 is 2.40 bits per heavy atom. The fourth-order valence-electron chi connectivity index (χ4n) is 1.36. The van der Waals surface area contributed by atoms with Crippen molar-refractivity contribution in [3.8, 4) is 0 Å². The number of ether oxygens (including phenoxy) is 1. The van der Waals surface area contributed by atoms with Gasteiger partial charge < -0.3 is 15.8 Å². The second kappa shape index (κ2) is 5.85. The number of nitrogens with two attached hydrogens (primary N) is 1. The maximum atomic E-state index is 13.8. The zero-order valence-electron chi connectivity index (χ0n) is 11.4. The summed E-state index contributed by atoms with van der Waals surface area (Å²) in [7, 11) is 1.07. The molecule has 0 atom stereocenters. The number of rotatable bonds is 5. The van der Waals surface area contributed by atoms with Crippen molar-refractivity contribution < 1.29 is 23.1 Å². The number of amides is 1. The molecular weight excluding hydrogens is 270 g/mol. The third-order valence-electron chi connectivity index (χ3n) is 2.88. The fourth-order valence-corrected chi connectivity index (χ4v) is 1.36. The van der Waals surface area contributed by atoms with Gasteiger partial charge in [-0.25, -0.2) is 13.6 Å². The van der Waals surface area contributed by atoms with Crippen molar-refractivity contribution in [2.45, 2.75) is 13.8 Å². The number of methoxy groups -OCH3 is 1. The molecule has 0 saturated heterocycles. The third-order valence-corrected chi connectivity index (χ3v) is 2.88. The van der Waals surface area contributed by atoms with E-state index in [0.717, 1.165) is 13.2 Å². The molecule has 0 fully saturated rings. The molecule has 0 aliphatic carbocycles. The Hall–Kier alpha value is -2.18. The molecule has 1 amide bonds. The zero-order chi connectivity index (χ0) is 15.5. The SMILES string of the molecule is COC(=O)c1ccc(NCC(C)(C)C(N)=O)c(F)c1F. The minimum absolute atomic E-state index is 0.0241. The summed E-state index contributed by atoms with van der Waals surface area (Å²) in [5, 5.41) is 2.59. The van der Waals surface area contributed by atoms with Gasteiger partial charge in [0.05, 0.1) is 23.8 Å². The van der Waals surface area contributed by atoms with Crippen molar-refractivity contribution in [1.29, 1.82) is 0 Å². The summed E-state index contributed by atoms with van der Waals surface area (Å²) in [5.74, 6) is -4.06. The Kier molecular flexibility index (Phi) is 4.65. The molecule has 1 rings (SSSR count). The van der Waals surface area contributed by atoms with Crippen LogP contribution in [-0.2, 0) is 9.53 Å². The van der Waals surface area contributed by atoms with Gasteiger partial charge in [0, 0.05) is 6.54 Å². The van der Waals surface area contributed by atoms with Gasteiger partial charge in [-0.1, -0.05) is 0 Å². The molecule has 1 aromatic carbocycles.